The first-order chi connectivity index (χ1) is 9.97. The minimum absolute atomic E-state index is 0.230. The maximum atomic E-state index is 12.1. The number of allylic oxidation sites excluding steroid dienone is 2. The molecule has 0 aromatic heterocycles. The molecule has 2 aliphatic heterocycles. The molecule has 2 heterocycles. The van der Waals surface area contributed by atoms with Crippen molar-refractivity contribution in [1.29, 1.82) is 0 Å². The Balaban J connectivity index is 1.99. The molecule has 6 nitrogen and oxygen atoms in total. The van der Waals surface area contributed by atoms with Crippen LogP contribution < -0.4 is 10.6 Å². The van der Waals surface area contributed by atoms with Crippen LogP contribution in [0.25, 0.3) is 0 Å². The number of nitrogens with zero attached hydrogens (tertiary/aromatic N) is 1. The first kappa shape index (κ1) is 15.2. The van der Waals surface area contributed by atoms with E-state index in [4.69, 9.17) is 0 Å². The van der Waals surface area contributed by atoms with E-state index in [1.807, 2.05) is 12.2 Å². The number of nitrogens with one attached hydrogen (secondary N) is 2. The summed E-state index contributed by atoms with van der Waals surface area (Å²) in [4.78, 5) is 38.9. The van der Waals surface area contributed by atoms with Crippen molar-refractivity contribution in [3.05, 3.63) is 24.4 Å². The SMILES string of the molecule is CC(C)C1C=CN=C(C(=O)NC2CCC(=O)NC2=O)C=C1. The molecule has 2 N–H and O–H groups in total. The molecular weight excluding hydrogens is 270 g/mol. The van der Waals surface area contributed by atoms with Gasteiger partial charge in [-0.25, -0.2) is 0 Å². The molecule has 0 bridgehead atoms. The van der Waals surface area contributed by atoms with Crippen LogP contribution in [0.2, 0.25) is 0 Å². The van der Waals surface area contributed by atoms with Crippen molar-refractivity contribution in [2.45, 2.75) is 32.7 Å². The highest BCUT2D eigenvalue weighted by Gasteiger charge is 2.28. The third-order valence-corrected chi connectivity index (χ3v) is 3.55. The normalized spacial score (nSPS) is 25.4. The third-order valence-electron chi connectivity index (χ3n) is 3.55. The van der Waals surface area contributed by atoms with Crippen LogP contribution >= 0.6 is 0 Å². The van der Waals surface area contributed by atoms with E-state index in [2.05, 4.69) is 29.5 Å². The summed E-state index contributed by atoms with van der Waals surface area (Å²) in [6.07, 6.45) is 7.70. The maximum Gasteiger partial charge on any atom is 0.270 e. The predicted molar refractivity (Wildman–Crippen MR) is 78.4 cm³/mol. The Hall–Kier alpha value is -2.24. The van der Waals surface area contributed by atoms with Crippen molar-refractivity contribution >= 4 is 23.4 Å². The van der Waals surface area contributed by atoms with Gasteiger partial charge in [-0.3, -0.25) is 24.7 Å². The van der Waals surface area contributed by atoms with E-state index in [1.54, 1.807) is 12.3 Å². The lowest BCUT2D eigenvalue weighted by Crippen LogP contribution is -2.53. The molecule has 21 heavy (non-hydrogen) atoms. The van der Waals surface area contributed by atoms with E-state index >= 15 is 0 Å². The van der Waals surface area contributed by atoms with Crippen LogP contribution in [0.5, 0.6) is 0 Å². The zero-order valence-corrected chi connectivity index (χ0v) is 12.1. The van der Waals surface area contributed by atoms with Crippen LogP contribution in [0.4, 0.5) is 0 Å². The fraction of sp³-hybridized carbons (Fsp3) is 0.467. The monoisotopic (exact) mass is 289 g/mol. The van der Waals surface area contributed by atoms with Crippen molar-refractivity contribution in [2.75, 3.05) is 0 Å². The van der Waals surface area contributed by atoms with Gasteiger partial charge in [-0.05, 0) is 24.3 Å². The van der Waals surface area contributed by atoms with Crippen LogP contribution in [-0.2, 0) is 14.4 Å². The van der Waals surface area contributed by atoms with Crippen LogP contribution in [0.15, 0.2) is 29.4 Å². The number of aliphatic imine (C=N–C) groups is 1. The lowest BCUT2D eigenvalue weighted by molar-refractivity contribution is -0.136. The molecule has 2 rings (SSSR count). The number of hydrogen-bond donors (Lipinski definition) is 2. The molecule has 0 aromatic rings. The standard InChI is InChI=1S/C15H19N3O3/c1-9(2)10-3-4-11(16-8-7-10)14(20)17-12-5-6-13(19)18-15(12)21/h3-4,7-10,12H,5-6H2,1-2H3,(H,17,20)(H,18,19,21). The molecule has 6 heteroatoms. The topological polar surface area (TPSA) is 87.6 Å². The summed E-state index contributed by atoms with van der Waals surface area (Å²) in [5.41, 5.74) is 0.263. The number of amides is 3. The summed E-state index contributed by atoms with van der Waals surface area (Å²) in [5, 5.41) is 4.82. The molecule has 0 aromatic carbocycles. The molecule has 0 spiro atoms. The van der Waals surface area contributed by atoms with Gasteiger partial charge in [-0.15, -0.1) is 0 Å². The average Bonchev–Trinajstić information content (AvgIpc) is 2.67. The van der Waals surface area contributed by atoms with E-state index in [0.29, 0.717) is 12.3 Å². The second-order valence-electron chi connectivity index (χ2n) is 5.51. The number of rotatable bonds is 3. The predicted octanol–water partition coefficient (Wildman–Crippen LogP) is 0.704. The van der Waals surface area contributed by atoms with Gasteiger partial charge in [-0.1, -0.05) is 26.0 Å². The second kappa shape index (κ2) is 6.47. The molecule has 2 atom stereocenters. The summed E-state index contributed by atoms with van der Waals surface area (Å²) < 4.78 is 0. The van der Waals surface area contributed by atoms with Crippen molar-refractivity contribution in [1.82, 2.24) is 10.6 Å². The average molecular weight is 289 g/mol. The number of hydrogen-bond acceptors (Lipinski definition) is 4. The highest BCUT2D eigenvalue weighted by Crippen LogP contribution is 2.16. The molecule has 0 radical (unpaired) electrons. The second-order valence-corrected chi connectivity index (χ2v) is 5.51. The Labute approximate surface area is 123 Å². The molecule has 112 valence electrons. The molecule has 0 aliphatic carbocycles. The zero-order chi connectivity index (χ0) is 15.4. The summed E-state index contributed by atoms with van der Waals surface area (Å²) in [6, 6.07) is -0.681. The lowest BCUT2D eigenvalue weighted by atomic mass is 9.95. The Bertz CT molecular complexity index is 546. The maximum absolute atomic E-state index is 12.1. The van der Waals surface area contributed by atoms with Crippen molar-refractivity contribution < 1.29 is 14.4 Å². The van der Waals surface area contributed by atoms with E-state index in [-0.39, 0.29) is 24.0 Å². The Kier molecular flexibility index (Phi) is 4.67. The van der Waals surface area contributed by atoms with Gasteiger partial charge in [0, 0.05) is 12.6 Å². The van der Waals surface area contributed by atoms with E-state index in [0.717, 1.165) is 0 Å². The van der Waals surface area contributed by atoms with Gasteiger partial charge >= 0.3 is 0 Å². The Morgan fingerprint density at radius 2 is 2.14 bits per heavy atom. The highest BCUT2D eigenvalue weighted by molar-refractivity contribution is 6.43. The molecule has 1 fully saturated rings. The molecule has 3 amide bonds. The van der Waals surface area contributed by atoms with Crippen molar-refractivity contribution in [3.8, 4) is 0 Å². The van der Waals surface area contributed by atoms with Crippen LogP contribution in [-0.4, -0.2) is 29.5 Å². The van der Waals surface area contributed by atoms with E-state index < -0.39 is 17.9 Å². The van der Waals surface area contributed by atoms with Gasteiger partial charge in [-0.2, -0.15) is 0 Å². The smallest absolute Gasteiger partial charge is 0.270 e. The number of imide groups is 1. The number of carbonyl (C=O) groups is 3. The van der Waals surface area contributed by atoms with Gasteiger partial charge < -0.3 is 5.32 Å². The van der Waals surface area contributed by atoms with Gasteiger partial charge in [0.25, 0.3) is 5.91 Å². The molecule has 2 aliphatic rings. The minimum atomic E-state index is -0.681. The molecule has 1 saturated heterocycles. The van der Waals surface area contributed by atoms with Gasteiger partial charge in [0.15, 0.2) is 0 Å². The fourth-order valence-electron chi connectivity index (χ4n) is 2.17. The number of piperidine rings is 1. The first-order valence-corrected chi connectivity index (χ1v) is 7.04. The van der Waals surface area contributed by atoms with Crippen LogP contribution in [0, 0.1) is 11.8 Å². The van der Waals surface area contributed by atoms with Gasteiger partial charge in [0.1, 0.15) is 11.8 Å². The van der Waals surface area contributed by atoms with Gasteiger partial charge in [0.2, 0.25) is 11.8 Å². The van der Waals surface area contributed by atoms with Crippen molar-refractivity contribution in [3.63, 3.8) is 0 Å². The van der Waals surface area contributed by atoms with Crippen molar-refractivity contribution in [2.24, 2.45) is 16.8 Å². The summed E-state index contributed by atoms with van der Waals surface area (Å²) in [6.45, 7) is 4.18. The molecular formula is C15H19N3O3. The zero-order valence-electron chi connectivity index (χ0n) is 12.1. The Morgan fingerprint density at radius 1 is 1.38 bits per heavy atom. The largest absolute Gasteiger partial charge is 0.339 e. The molecule has 2 unspecified atom stereocenters. The van der Waals surface area contributed by atoms with Gasteiger partial charge in [0.05, 0.1) is 0 Å². The minimum Gasteiger partial charge on any atom is -0.339 e. The Morgan fingerprint density at radius 3 is 2.81 bits per heavy atom. The first-order valence-electron chi connectivity index (χ1n) is 7.04. The van der Waals surface area contributed by atoms with E-state index in [1.165, 1.54) is 0 Å². The summed E-state index contributed by atoms with van der Waals surface area (Å²) in [5.74, 6) is -0.525. The third kappa shape index (κ3) is 3.87. The highest BCUT2D eigenvalue weighted by atomic mass is 16.2. The van der Waals surface area contributed by atoms with Crippen LogP contribution in [0.3, 0.4) is 0 Å². The summed E-state index contributed by atoms with van der Waals surface area (Å²) in [7, 11) is 0. The molecule has 0 saturated carbocycles. The van der Waals surface area contributed by atoms with Crippen LogP contribution in [0.1, 0.15) is 26.7 Å². The quantitative estimate of drug-likeness (QED) is 0.750. The lowest BCUT2D eigenvalue weighted by Gasteiger charge is -2.21. The fourth-order valence-corrected chi connectivity index (χ4v) is 2.17. The summed E-state index contributed by atoms with van der Waals surface area (Å²) >= 11 is 0. The number of carbonyl (C=O) groups excluding carboxylic acids is 3. The van der Waals surface area contributed by atoms with E-state index in [9.17, 15) is 14.4 Å².